The summed E-state index contributed by atoms with van der Waals surface area (Å²) in [7, 11) is 1.72. The number of primary amides is 1. The second kappa shape index (κ2) is 4.12. The van der Waals surface area contributed by atoms with Crippen LogP contribution in [-0.4, -0.2) is 20.7 Å². The van der Waals surface area contributed by atoms with Crippen LogP contribution in [0.4, 0.5) is 5.69 Å². The molecule has 0 aliphatic heterocycles. The zero-order valence-electron chi connectivity index (χ0n) is 9.12. The topological polar surface area (TPSA) is 109 Å². The quantitative estimate of drug-likeness (QED) is 0.740. The number of hydrogen-bond donors (Lipinski definition) is 2. The minimum atomic E-state index is -0.542. The third kappa shape index (κ3) is 2.33. The molecule has 0 aliphatic carbocycles. The predicted molar refractivity (Wildman–Crippen MR) is 60.4 cm³/mol. The molecule has 2 aromatic rings. The van der Waals surface area contributed by atoms with E-state index in [0.717, 1.165) is 0 Å². The third-order valence-electron chi connectivity index (χ3n) is 2.07. The second-order valence-electron chi connectivity index (χ2n) is 3.42. The average molecular weight is 233 g/mol. The van der Waals surface area contributed by atoms with E-state index < -0.39 is 5.91 Å². The fraction of sp³-hybridized carbons (Fsp3) is 0.100. The number of amides is 1. The third-order valence-corrected chi connectivity index (χ3v) is 2.07. The molecule has 0 aliphatic rings. The van der Waals surface area contributed by atoms with Crippen LogP contribution >= 0.6 is 0 Å². The van der Waals surface area contributed by atoms with E-state index in [-0.39, 0.29) is 6.01 Å². The molecule has 0 saturated heterocycles. The van der Waals surface area contributed by atoms with Crippen molar-refractivity contribution in [3.05, 3.63) is 30.1 Å². The maximum atomic E-state index is 10.9. The molecule has 7 nitrogen and oxygen atoms in total. The number of aryl methyl sites for hydroxylation is 1. The van der Waals surface area contributed by atoms with Gasteiger partial charge in [-0.3, -0.25) is 9.48 Å². The molecule has 1 aromatic carbocycles. The number of hydrogen-bond acceptors (Lipinski definition) is 5. The van der Waals surface area contributed by atoms with Crippen LogP contribution in [-0.2, 0) is 7.05 Å². The Labute approximate surface area is 97.0 Å². The van der Waals surface area contributed by atoms with Gasteiger partial charge in [0.25, 0.3) is 0 Å². The Balaban J connectivity index is 2.25. The van der Waals surface area contributed by atoms with Crippen LogP contribution < -0.4 is 16.2 Å². The van der Waals surface area contributed by atoms with Crippen LogP contribution in [0.3, 0.4) is 0 Å². The van der Waals surface area contributed by atoms with E-state index in [1.807, 2.05) is 0 Å². The van der Waals surface area contributed by atoms with Crippen molar-refractivity contribution in [2.75, 3.05) is 5.73 Å². The largest absolute Gasteiger partial charge is 0.421 e. The Morgan fingerprint density at radius 3 is 2.76 bits per heavy atom. The van der Waals surface area contributed by atoms with Gasteiger partial charge in [0.05, 0.1) is 5.69 Å². The van der Waals surface area contributed by atoms with Gasteiger partial charge in [0.1, 0.15) is 6.33 Å². The van der Waals surface area contributed by atoms with Crippen LogP contribution in [0.25, 0.3) is 0 Å². The van der Waals surface area contributed by atoms with Crippen molar-refractivity contribution in [2.45, 2.75) is 0 Å². The number of aromatic nitrogens is 3. The minimum absolute atomic E-state index is 0.186. The lowest BCUT2D eigenvalue weighted by atomic mass is 10.2. The van der Waals surface area contributed by atoms with Crippen LogP contribution in [0.5, 0.6) is 11.8 Å². The molecular formula is C10H11N5O2. The van der Waals surface area contributed by atoms with Crippen molar-refractivity contribution in [3.63, 3.8) is 0 Å². The molecule has 0 saturated carbocycles. The van der Waals surface area contributed by atoms with Gasteiger partial charge in [-0.1, -0.05) is 0 Å². The van der Waals surface area contributed by atoms with Crippen LogP contribution in [0.2, 0.25) is 0 Å². The maximum absolute atomic E-state index is 10.9. The molecule has 2 rings (SSSR count). The molecule has 1 amide bonds. The number of ether oxygens (including phenoxy) is 1. The fourth-order valence-electron chi connectivity index (χ4n) is 1.26. The highest BCUT2D eigenvalue weighted by molar-refractivity contribution is 5.94. The molecule has 0 radical (unpaired) electrons. The Bertz CT molecular complexity index is 564. The first-order valence-corrected chi connectivity index (χ1v) is 4.79. The van der Waals surface area contributed by atoms with Gasteiger partial charge in [0.15, 0.2) is 5.75 Å². The minimum Gasteiger partial charge on any atom is -0.421 e. The summed E-state index contributed by atoms with van der Waals surface area (Å²) in [6, 6.07) is 4.70. The average Bonchev–Trinajstić information content (AvgIpc) is 2.67. The monoisotopic (exact) mass is 233 g/mol. The summed E-state index contributed by atoms with van der Waals surface area (Å²) in [6.07, 6.45) is 1.50. The lowest BCUT2D eigenvalue weighted by molar-refractivity contribution is 0.100. The summed E-state index contributed by atoms with van der Waals surface area (Å²) in [5.74, 6) is -0.166. The van der Waals surface area contributed by atoms with E-state index in [9.17, 15) is 4.79 Å². The van der Waals surface area contributed by atoms with Gasteiger partial charge < -0.3 is 16.2 Å². The zero-order valence-corrected chi connectivity index (χ0v) is 9.12. The van der Waals surface area contributed by atoms with Gasteiger partial charge in [0, 0.05) is 12.6 Å². The van der Waals surface area contributed by atoms with Crippen LogP contribution in [0.1, 0.15) is 10.4 Å². The highest BCUT2D eigenvalue weighted by atomic mass is 16.5. The summed E-state index contributed by atoms with van der Waals surface area (Å²) in [6.45, 7) is 0. The van der Waals surface area contributed by atoms with E-state index in [1.54, 1.807) is 13.1 Å². The Kier molecular flexibility index (Phi) is 2.65. The Morgan fingerprint density at radius 2 is 2.24 bits per heavy atom. The summed E-state index contributed by atoms with van der Waals surface area (Å²) in [4.78, 5) is 14.8. The van der Waals surface area contributed by atoms with Crippen LogP contribution in [0.15, 0.2) is 24.5 Å². The standard InChI is InChI=1S/C10H11N5O2/c1-15-5-13-10(14-15)17-8-3-2-6(9(12)16)4-7(8)11/h2-5H,11H2,1H3,(H2,12,16). The van der Waals surface area contributed by atoms with E-state index in [1.165, 1.54) is 23.1 Å². The molecular weight excluding hydrogens is 222 g/mol. The highest BCUT2D eigenvalue weighted by Crippen LogP contribution is 2.25. The van der Waals surface area contributed by atoms with Crippen molar-refractivity contribution in [2.24, 2.45) is 12.8 Å². The lowest BCUT2D eigenvalue weighted by Gasteiger charge is -2.05. The van der Waals surface area contributed by atoms with Crippen molar-refractivity contribution in [1.29, 1.82) is 0 Å². The van der Waals surface area contributed by atoms with Gasteiger partial charge in [-0.05, 0) is 18.2 Å². The number of anilines is 1. The van der Waals surface area contributed by atoms with Gasteiger partial charge in [-0.15, -0.1) is 5.10 Å². The first-order chi connectivity index (χ1) is 8.06. The van der Waals surface area contributed by atoms with Crippen molar-refractivity contribution < 1.29 is 9.53 Å². The Morgan fingerprint density at radius 1 is 1.47 bits per heavy atom. The van der Waals surface area contributed by atoms with Crippen molar-refractivity contribution >= 4 is 11.6 Å². The molecule has 0 fully saturated rings. The lowest BCUT2D eigenvalue weighted by Crippen LogP contribution is -2.11. The highest BCUT2D eigenvalue weighted by Gasteiger charge is 2.08. The number of benzene rings is 1. The molecule has 1 heterocycles. The first-order valence-electron chi connectivity index (χ1n) is 4.79. The maximum Gasteiger partial charge on any atom is 0.341 e. The first kappa shape index (κ1) is 10.9. The molecule has 17 heavy (non-hydrogen) atoms. The van der Waals surface area contributed by atoms with E-state index in [2.05, 4.69) is 10.1 Å². The number of carbonyl (C=O) groups excluding carboxylic acids is 1. The normalized spacial score (nSPS) is 10.2. The van der Waals surface area contributed by atoms with Crippen molar-refractivity contribution in [1.82, 2.24) is 14.8 Å². The summed E-state index contributed by atoms with van der Waals surface area (Å²) >= 11 is 0. The van der Waals surface area contributed by atoms with E-state index >= 15 is 0 Å². The Hall–Kier alpha value is -2.57. The van der Waals surface area contributed by atoms with Gasteiger partial charge >= 0.3 is 6.01 Å². The van der Waals surface area contributed by atoms with Gasteiger partial charge in [0.2, 0.25) is 5.91 Å². The van der Waals surface area contributed by atoms with Crippen molar-refractivity contribution in [3.8, 4) is 11.8 Å². The predicted octanol–water partition coefficient (Wildman–Crippen LogP) is 0.288. The number of nitrogen functional groups attached to an aromatic ring is 1. The number of nitrogens with two attached hydrogens (primary N) is 2. The number of nitrogens with zero attached hydrogens (tertiary/aromatic N) is 3. The van der Waals surface area contributed by atoms with Crippen LogP contribution in [0, 0.1) is 0 Å². The smallest absolute Gasteiger partial charge is 0.341 e. The summed E-state index contributed by atoms with van der Waals surface area (Å²) < 4.78 is 6.85. The zero-order chi connectivity index (χ0) is 12.4. The summed E-state index contributed by atoms with van der Waals surface area (Å²) in [5, 5.41) is 3.94. The molecule has 7 heteroatoms. The molecule has 0 spiro atoms. The molecule has 0 atom stereocenters. The number of rotatable bonds is 3. The molecule has 0 unspecified atom stereocenters. The second-order valence-corrected chi connectivity index (χ2v) is 3.42. The molecule has 88 valence electrons. The SMILES string of the molecule is Cn1cnc(Oc2ccc(C(N)=O)cc2N)n1. The fourth-order valence-corrected chi connectivity index (χ4v) is 1.26. The molecule has 1 aromatic heterocycles. The number of carbonyl (C=O) groups is 1. The van der Waals surface area contributed by atoms with Gasteiger partial charge in [-0.2, -0.15) is 4.98 Å². The molecule has 4 N–H and O–H groups in total. The van der Waals surface area contributed by atoms with Gasteiger partial charge in [-0.25, -0.2) is 0 Å². The molecule has 0 bridgehead atoms. The summed E-state index contributed by atoms with van der Waals surface area (Å²) in [5.41, 5.74) is 11.5. The van der Waals surface area contributed by atoms with E-state index in [0.29, 0.717) is 17.0 Å². The van der Waals surface area contributed by atoms with E-state index in [4.69, 9.17) is 16.2 Å².